The van der Waals surface area contributed by atoms with Crippen LogP contribution < -0.4 is 14.8 Å². The molecule has 0 radical (unpaired) electrons. The molecular weight excluding hydrogens is 432 g/mol. The standard InChI is InChI=1S/C19H23BrN2O4S/c1-12(2)26-18-10-7-15(20)11-17(18)14(4)21-19(23)22-27(24,25)16-8-5-13(3)6-9-16/h5-12,14H,1-4H3,(H2,21,22,23). The van der Waals surface area contributed by atoms with Gasteiger partial charge in [-0.15, -0.1) is 0 Å². The summed E-state index contributed by atoms with van der Waals surface area (Å²) >= 11 is 3.40. The predicted molar refractivity (Wildman–Crippen MR) is 108 cm³/mol. The second-order valence-electron chi connectivity index (χ2n) is 6.46. The van der Waals surface area contributed by atoms with Gasteiger partial charge in [0.25, 0.3) is 10.0 Å². The van der Waals surface area contributed by atoms with E-state index < -0.39 is 22.1 Å². The minimum Gasteiger partial charge on any atom is -0.491 e. The Bertz CT molecular complexity index is 912. The lowest BCUT2D eigenvalue weighted by Gasteiger charge is -2.20. The van der Waals surface area contributed by atoms with Crippen LogP contribution in [-0.4, -0.2) is 20.6 Å². The van der Waals surface area contributed by atoms with E-state index in [1.807, 2.05) is 37.6 Å². The quantitative estimate of drug-likeness (QED) is 0.681. The Hall–Kier alpha value is -2.06. The van der Waals surface area contributed by atoms with Crippen molar-refractivity contribution in [1.82, 2.24) is 10.0 Å². The molecule has 0 spiro atoms. The number of urea groups is 1. The Kier molecular flexibility index (Phi) is 6.89. The van der Waals surface area contributed by atoms with Crippen molar-refractivity contribution in [3.8, 4) is 5.75 Å². The number of benzene rings is 2. The molecule has 27 heavy (non-hydrogen) atoms. The summed E-state index contributed by atoms with van der Waals surface area (Å²) in [4.78, 5) is 12.3. The summed E-state index contributed by atoms with van der Waals surface area (Å²) in [6.07, 6.45) is -0.0344. The third-order valence-corrected chi connectivity index (χ3v) is 5.55. The molecule has 8 heteroatoms. The highest BCUT2D eigenvalue weighted by Gasteiger charge is 2.21. The van der Waals surface area contributed by atoms with E-state index in [-0.39, 0.29) is 11.0 Å². The molecule has 6 nitrogen and oxygen atoms in total. The molecule has 0 aliphatic heterocycles. The maximum absolute atomic E-state index is 12.3. The van der Waals surface area contributed by atoms with E-state index in [2.05, 4.69) is 21.2 Å². The zero-order valence-corrected chi connectivity index (χ0v) is 18.0. The zero-order valence-electron chi connectivity index (χ0n) is 15.6. The fourth-order valence-corrected chi connectivity index (χ4v) is 3.72. The number of carbonyl (C=O) groups excluding carboxylic acids is 1. The summed E-state index contributed by atoms with van der Waals surface area (Å²) in [5.74, 6) is 0.627. The van der Waals surface area contributed by atoms with Gasteiger partial charge in [-0.05, 0) is 58.0 Å². The number of nitrogens with one attached hydrogen (secondary N) is 2. The molecule has 0 heterocycles. The lowest BCUT2D eigenvalue weighted by atomic mass is 10.1. The predicted octanol–water partition coefficient (Wildman–Crippen LogP) is 4.29. The lowest BCUT2D eigenvalue weighted by Crippen LogP contribution is -2.40. The van der Waals surface area contributed by atoms with Crippen LogP contribution in [0.15, 0.2) is 51.8 Å². The lowest BCUT2D eigenvalue weighted by molar-refractivity contribution is 0.234. The van der Waals surface area contributed by atoms with Crippen LogP contribution in [0.3, 0.4) is 0 Å². The molecule has 2 aromatic rings. The molecule has 2 aromatic carbocycles. The smallest absolute Gasteiger partial charge is 0.329 e. The van der Waals surface area contributed by atoms with E-state index in [0.717, 1.165) is 15.6 Å². The van der Waals surface area contributed by atoms with Gasteiger partial charge in [-0.2, -0.15) is 0 Å². The average molecular weight is 455 g/mol. The van der Waals surface area contributed by atoms with Gasteiger partial charge >= 0.3 is 6.03 Å². The van der Waals surface area contributed by atoms with Gasteiger partial charge in [-0.1, -0.05) is 33.6 Å². The first kappa shape index (κ1) is 21.2. The van der Waals surface area contributed by atoms with Gasteiger partial charge in [-0.25, -0.2) is 17.9 Å². The normalized spacial score (nSPS) is 12.5. The monoisotopic (exact) mass is 454 g/mol. The minimum absolute atomic E-state index is 0.0298. The highest BCUT2D eigenvalue weighted by atomic mass is 79.9. The number of ether oxygens (including phenoxy) is 1. The van der Waals surface area contributed by atoms with Gasteiger partial charge < -0.3 is 10.1 Å². The molecule has 1 atom stereocenters. The van der Waals surface area contributed by atoms with Gasteiger partial charge in [-0.3, -0.25) is 0 Å². The summed E-state index contributed by atoms with van der Waals surface area (Å²) in [7, 11) is -3.94. The van der Waals surface area contributed by atoms with E-state index in [1.165, 1.54) is 12.1 Å². The van der Waals surface area contributed by atoms with E-state index >= 15 is 0 Å². The molecule has 1 unspecified atom stereocenters. The summed E-state index contributed by atoms with van der Waals surface area (Å²) < 4.78 is 33.3. The summed E-state index contributed by atoms with van der Waals surface area (Å²) in [5.41, 5.74) is 1.67. The van der Waals surface area contributed by atoms with Crippen molar-refractivity contribution >= 4 is 32.0 Å². The molecule has 2 rings (SSSR count). The van der Waals surface area contributed by atoms with Crippen LogP contribution in [0.4, 0.5) is 4.79 Å². The third kappa shape index (κ3) is 5.97. The molecule has 0 bridgehead atoms. The van der Waals surface area contributed by atoms with Crippen LogP contribution in [0.1, 0.15) is 37.9 Å². The largest absolute Gasteiger partial charge is 0.491 e. The fraction of sp³-hybridized carbons (Fsp3) is 0.316. The first-order valence-electron chi connectivity index (χ1n) is 8.44. The third-order valence-electron chi connectivity index (χ3n) is 3.71. The second kappa shape index (κ2) is 8.75. The van der Waals surface area contributed by atoms with Crippen molar-refractivity contribution in [3.63, 3.8) is 0 Å². The Morgan fingerprint density at radius 2 is 1.70 bits per heavy atom. The van der Waals surface area contributed by atoms with Crippen LogP contribution in [0, 0.1) is 6.92 Å². The molecule has 0 fully saturated rings. The van der Waals surface area contributed by atoms with E-state index in [4.69, 9.17) is 4.74 Å². The fourth-order valence-electron chi connectivity index (χ4n) is 2.42. The molecular formula is C19H23BrN2O4S. The van der Waals surface area contributed by atoms with Crippen molar-refractivity contribution in [3.05, 3.63) is 58.1 Å². The highest BCUT2D eigenvalue weighted by Crippen LogP contribution is 2.29. The van der Waals surface area contributed by atoms with Crippen LogP contribution in [0.5, 0.6) is 5.75 Å². The first-order valence-corrected chi connectivity index (χ1v) is 10.7. The van der Waals surface area contributed by atoms with Crippen molar-refractivity contribution in [2.45, 2.75) is 44.7 Å². The number of halogens is 1. The number of aryl methyl sites for hydroxylation is 1. The number of hydrogen-bond acceptors (Lipinski definition) is 4. The van der Waals surface area contributed by atoms with Crippen LogP contribution in [0.25, 0.3) is 0 Å². The summed E-state index contributed by atoms with van der Waals surface area (Å²) in [6.45, 7) is 7.43. The maximum atomic E-state index is 12.3. The SMILES string of the molecule is Cc1ccc(S(=O)(=O)NC(=O)NC(C)c2cc(Br)ccc2OC(C)C)cc1. The minimum atomic E-state index is -3.94. The highest BCUT2D eigenvalue weighted by molar-refractivity contribution is 9.10. The maximum Gasteiger partial charge on any atom is 0.329 e. The van der Waals surface area contributed by atoms with Gasteiger partial charge in [0.2, 0.25) is 0 Å². The zero-order chi connectivity index (χ0) is 20.2. The van der Waals surface area contributed by atoms with Crippen molar-refractivity contribution in [2.24, 2.45) is 0 Å². The van der Waals surface area contributed by atoms with E-state index in [9.17, 15) is 13.2 Å². The van der Waals surface area contributed by atoms with Gasteiger partial charge in [0.1, 0.15) is 5.75 Å². The van der Waals surface area contributed by atoms with Crippen LogP contribution >= 0.6 is 15.9 Å². The Morgan fingerprint density at radius 3 is 2.30 bits per heavy atom. The second-order valence-corrected chi connectivity index (χ2v) is 9.06. The first-order chi connectivity index (χ1) is 12.6. The Balaban J connectivity index is 2.13. The molecule has 146 valence electrons. The molecule has 0 aliphatic rings. The van der Waals surface area contributed by atoms with Gasteiger partial charge in [0.15, 0.2) is 0 Å². The number of amides is 2. The van der Waals surface area contributed by atoms with Crippen LogP contribution in [-0.2, 0) is 10.0 Å². The molecule has 0 aromatic heterocycles. The topological polar surface area (TPSA) is 84.5 Å². The van der Waals surface area contributed by atoms with Crippen molar-refractivity contribution in [1.29, 1.82) is 0 Å². The summed E-state index contributed by atoms with van der Waals surface area (Å²) in [5, 5.41) is 2.64. The molecule has 2 N–H and O–H groups in total. The molecule has 0 saturated heterocycles. The van der Waals surface area contributed by atoms with Gasteiger partial charge in [0.05, 0.1) is 17.0 Å². The van der Waals surface area contributed by atoms with E-state index in [1.54, 1.807) is 25.1 Å². The number of hydrogen-bond donors (Lipinski definition) is 2. The Morgan fingerprint density at radius 1 is 1.07 bits per heavy atom. The van der Waals surface area contributed by atoms with Crippen LogP contribution in [0.2, 0.25) is 0 Å². The number of carbonyl (C=O) groups is 1. The Labute approximate surface area is 168 Å². The number of rotatable bonds is 6. The summed E-state index contributed by atoms with van der Waals surface area (Å²) in [6, 6.07) is 10.5. The van der Waals surface area contributed by atoms with Gasteiger partial charge in [0, 0.05) is 10.0 Å². The van der Waals surface area contributed by atoms with Crippen molar-refractivity contribution in [2.75, 3.05) is 0 Å². The molecule has 0 aliphatic carbocycles. The van der Waals surface area contributed by atoms with E-state index in [0.29, 0.717) is 5.75 Å². The average Bonchev–Trinajstić information content (AvgIpc) is 2.55. The molecule has 0 saturated carbocycles. The number of sulfonamides is 1. The van der Waals surface area contributed by atoms with Crippen molar-refractivity contribution < 1.29 is 17.9 Å². The molecule has 2 amide bonds.